The monoisotopic (exact) mass is 273 g/mol. The molecule has 3 rings (SSSR count). The standard InChI is InChI=1S/C14H11NO3S/c16-13(12-2-1-5-19-12)15-7-10-4-3-9(14(17)18)6-11(10)8-15/h1-6H,7-8H2,(H,17,18). The molecule has 0 aliphatic carbocycles. The highest BCUT2D eigenvalue weighted by Crippen LogP contribution is 2.26. The summed E-state index contributed by atoms with van der Waals surface area (Å²) in [5, 5.41) is 10.8. The van der Waals surface area contributed by atoms with E-state index in [-0.39, 0.29) is 11.5 Å². The van der Waals surface area contributed by atoms with Gasteiger partial charge >= 0.3 is 5.97 Å². The molecule has 0 radical (unpaired) electrons. The second-order valence-corrected chi connectivity index (χ2v) is 5.37. The summed E-state index contributed by atoms with van der Waals surface area (Å²) in [6.07, 6.45) is 0. The summed E-state index contributed by atoms with van der Waals surface area (Å²) >= 11 is 1.42. The summed E-state index contributed by atoms with van der Waals surface area (Å²) in [6.45, 7) is 1.03. The fourth-order valence-corrected chi connectivity index (χ4v) is 2.92. The maximum Gasteiger partial charge on any atom is 0.335 e. The lowest BCUT2D eigenvalue weighted by molar-refractivity contribution is 0.0696. The van der Waals surface area contributed by atoms with E-state index < -0.39 is 5.97 Å². The summed E-state index contributed by atoms with van der Waals surface area (Å²) in [4.78, 5) is 25.6. The molecule has 0 atom stereocenters. The van der Waals surface area contributed by atoms with E-state index in [4.69, 9.17) is 5.11 Å². The number of aromatic carboxylic acids is 1. The molecular weight excluding hydrogens is 262 g/mol. The van der Waals surface area contributed by atoms with Crippen molar-refractivity contribution >= 4 is 23.2 Å². The van der Waals surface area contributed by atoms with E-state index in [9.17, 15) is 9.59 Å². The molecule has 96 valence electrons. The van der Waals surface area contributed by atoms with Crippen molar-refractivity contribution in [3.05, 3.63) is 57.3 Å². The van der Waals surface area contributed by atoms with Crippen LogP contribution in [0.25, 0.3) is 0 Å². The Hall–Kier alpha value is -2.14. The quantitative estimate of drug-likeness (QED) is 0.915. The molecule has 0 fully saturated rings. The largest absolute Gasteiger partial charge is 0.478 e. The van der Waals surface area contributed by atoms with Gasteiger partial charge in [0.2, 0.25) is 0 Å². The highest BCUT2D eigenvalue weighted by molar-refractivity contribution is 7.12. The fraction of sp³-hybridized carbons (Fsp3) is 0.143. The van der Waals surface area contributed by atoms with Gasteiger partial charge in [-0.15, -0.1) is 11.3 Å². The second kappa shape index (κ2) is 4.51. The first kappa shape index (κ1) is 11.9. The number of hydrogen-bond donors (Lipinski definition) is 1. The highest BCUT2D eigenvalue weighted by atomic mass is 32.1. The summed E-state index contributed by atoms with van der Waals surface area (Å²) in [6, 6.07) is 8.68. The van der Waals surface area contributed by atoms with Crippen LogP contribution in [0.15, 0.2) is 35.7 Å². The number of carboxylic acids is 1. The Balaban J connectivity index is 1.84. The van der Waals surface area contributed by atoms with Gasteiger partial charge in [-0.05, 0) is 34.7 Å². The number of fused-ring (bicyclic) bond motifs is 1. The topological polar surface area (TPSA) is 57.6 Å². The van der Waals surface area contributed by atoms with Gasteiger partial charge in [-0.2, -0.15) is 0 Å². The predicted molar refractivity (Wildman–Crippen MR) is 71.3 cm³/mol. The van der Waals surface area contributed by atoms with E-state index >= 15 is 0 Å². The normalized spacial score (nSPS) is 13.4. The molecule has 1 aromatic carbocycles. The van der Waals surface area contributed by atoms with Crippen LogP contribution >= 0.6 is 11.3 Å². The smallest absolute Gasteiger partial charge is 0.335 e. The van der Waals surface area contributed by atoms with Gasteiger partial charge in [0, 0.05) is 13.1 Å². The van der Waals surface area contributed by atoms with Crippen molar-refractivity contribution in [2.75, 3.05) is 0 Å². The zero-order chi connectivity index (χ0) is 13.4. The number of nitrogens with zero attached hydrogens (tertiary/aromatic N) is 1. The first-order valence-electron chi connectivity index (χ1n) is 5.83. The average Bonchev–Trinajstić information content (AvgIpc) is 3.06. The third-order valence-corrected chi connectivity index (χ3v) is 4.05. The molecule has 0 saturated carbocycles. The van der Waals surface area contributed by atoms with E-state index in [1.165, 1.54) is 11.3 Å². The Morgan fingerprint density at radius 1 is 1.16 bits per heavy atom. The predicted octanol–water partition coefficient (Wildman–Crippen LogP) is 2.60. The number of benzene rings is 1. The summed E-state index contributed by atoms with van der Waals surface area (Å²) < 4.78 is 0. The molecule has 0 bridgehead atoms. The molecule has 1 aromatic heterocycles. The summed E-state index contributed by atoms with van der Waals surface area (Å²) in [5.41, 5.74) is 2.21. The van der Waals surface area contributed by atoms with Gasteiger partial charge in [-0.3, -0.25) is 4.79 Å². The van der Waals surface area contributed by atoms with Gasteiger partial charge in [0.15, 0.2) is 0 Å². The van der Waals surface area contributed by atoms with E-state index in [0.717, 1.165) is 11.1 Å². The van der Waals surface area contributed by atoms with E-state index in [1.54, 1.807) is 29.2 Å². The zero-order valence-electron chi connectivity index (χ0n) is 10.00. The Kier molecular flexibility index (Phi) is 2.83. The van der Waals surface area contributed by atoms with Crippen molar-refractivity contribution < 1.29 is 14.7 Å². The van der Waals surface area contributed by atoms with Crippen LogP contribution in [0.3, 0.4) is 0 Å². The molecule has 1 aliphatic rings. The molecule has 5 heteroatoms. The van der Waals surface area contributed by atoms with Gasteiger partial charge in [0.25, 0.3) is 5.91 Å². The van der Waals surface area contributed by atoms with Crippen molar-refractivity contribution in [3.8, 4) is 0 Å². The van der Waals surface area contributed by atoms with Crippen LogP contribution in [0, 0.1) is 0 Å². The number of thiophene rings is 1. The van der Waals surface area contributed by atoms with Crippen LogP contribution in [0.2, 0.25) is 0 Å². The minimum atomic E-state index is -0.939. The minimum absolute atomic E-state index is 0.00285. The molecule has 2 heterocycles. The van der Waals surface area contributed by atoms with Crippen molar-refractivity contribution in [2.24, 2.45) is 0 Å². The Morgan fingerprint density at radius 3 is 2.63 bits per heavy atom. The molecule has 1 aliphatic heterocycles. The van der Waals surface area contributed by atoms with Gasteiger partial charge in [-0.25, -0.2) is 4.79 Å². The van der Waals surface area contributed by atoms with Crippen molar-refractivity contribution in [1.82, 2.24) is 4.90 Å². The maximum atomic E-state index is 12.2. The number of hydrogen-bond acceptors (Lipinski definition) is 3. The highest BCUT2D eigenvalue weighted by Gasteiger charge is 2.25. The molecule has 0 spiro atoms. The molecule has 2 aromatic rings. The first-order chi connectivity index (χ1) is 9.15. The lowest BCUT2D eigenvalue weighted by Gasteiger charge is -2.13. The Bertz CT molecular complexity index is 649. The summed E-state index contributed by atoms with van der Waals surface area (Å²) in [7, 11) is 0. The van der Waals surface area contributed by atoms with Gasteiger partial charge < -0.3 is 10.0 Å². The van der Waals surface area contributed by atoms with Gasteiger partial charge in [0.05, 0.1) is 10.4 Å². The molecule has 19 heavy (non-hydrogen) atoms. The maximum absolute atomic E-state index is 12.2. The van der Waals surface area contributed by atoms with E-state index in [0.29, 0.717) is 18.0 Å². The Labute approximate surface area is 113 Å². The van der Waals surface area contributed by atoms with Crippen LogP contribution < -0.4 is 0 Å². The molecule has 1 N–H and O–H groups in total. The summed E-state index contributed by atoms with van der Waals surface area (Å²) in [5.74, 6) is -0.936. The second-order valence-electron chi connectivity index (χ2n) is 4.43. The molecule has 0 unspecified atom stereocenters. The minimum Gasteiger partial charge on any atom is -0.478 e. The van der Waals surface area contributed by atoms with Crippen LogP contribution in [0.1, 0.15) is 31.2 Å². The lowest BCUT2D eigenvalue weighted by Crippen LogP contribution is -2.24. The van der Waals surface area contributed by atoms with Crippen LogP contribution in [-0.4, -0.2) is 21.9 Å². The van der Waals surface area contributed by atoms with E-state index in [2.05, 4.69) is 0 Å². The zero-order valence-corrected chi connectivity index (χ0v) is 10.8. The van der Waals surface area contributed by atoms with Crippen LogP contribution in [0.5, 0.6) is 0 Å². The first-order valence-corrected chi connectivity index (χ1v) is 6.71. The third kappa shape index (κ3) is 2.13. The Morgan fingerprint density at radius 2 is 1.95 bits per heavy atom. The molecule has 4 nitrogen and oxygen atoms in total. The number of carbonyl (C=O) groups excluding carboxylic acids is 1. The lowest BCUT2D eigenvalue weighted by atomic mass is 10.1. The third-order valence-electron chi connectivity index (χ3n) is 3.19. The van der Waals surface area contributed by atoms with Gasteiger partial charge in [-0.1, -0.05) is 12.1 Å². The number of carbonyl (C=O) groups is 2. The molecular formula is C14H11NO3S. The molecule has 0 saturated heterocycles. The number of rotatable bonds is 2. The average molecular weight is 273 g/mol. The van der Waals surface area contributed by atoms with Crippen molar-refractivity contribution in [3.63, 3.8) is 0 Å². The van der Waals surface area contributed by atoms with E-state index in [1.807, 2.05) is 11.4 Å². The SMILES string of the molecule is O=C(O)c1ccc2c(c1)CN(C(=O)c1cccs1)C2. The van der Waals surface area contributed by atoms with Crippen molar-refractivity contribution in [1.29, 1.82) is 0 Å². The fourth-order valence-electron chi connectivity index (χ4n) is 2.23. The van der Waals surface area contributed by atoms with Crippen molar-refractivity contribution in [2.45, 2.75) is 13.1 Å². The molecule has 1 amide bonds. The van der Waals surface area contributed by atoms with Crippen LogP contribution in [-0.2, 0) is 13.1 Å². The van der Waals surface area contributed by atoms with Gasteiger partial charge in [0.1, 0.15) is 0 Å². The number of carboxylic acid groups (broad SMARTS) is 1. The number of amides is 1. The van der Waals surface area contributed by atoms with Crippen LogP contribution in [0.4, 0.5) is 0 Å².